The van der Waals surface area contributed by atoms with E-state index in [-0.39, 0.29) is 18.2 Å². The van der Waals surface area contributed by atoms with Gasteiger partial charge in [-0.25, -0.2) is 61.5 Å². The fourth-order valence-electron chi connectivity index (χ4n) is 4.56. The van der Waals surface area contributed by atoms with Gasteiger partial charge >= 0.3 is 0 Å². The summed E-state index contributed by atoms with van der Waals surface area (Å²) in [4.78, 5) is -1.84. The third kappa shape index (κ3) is 6.07. The zero-order valence-electron chi connectivity index (χ0n) is 24.5. The van der Waals surface area contributed by atoms with Gasteiger partial charge in [0.25, 0.3) is 10.1 Å². The van der Waals surface area contributed by atoms with Crippen molar-refractivity contribution in [2.45, 2.75) is 4.90 Å². The summed E-state index contributed by atoms with van der Waals surface area (Å²) in [5, 5.41) is 0. The van der Waals surface area contributed by atoms with Crippen molar-refractivity contribution in [3.05, 3.63) is 123 Å². The van der Waals surface area contributed by atoms with Crippen molar-refractivity contribution in [2.24, 2.45) is 0 Å². The molecule has 0 amide bonds. The lowest BCUT2D eigenvalue weighted by molar-refractivity contribution is 0.354. The predicted octanol–water partition coefficient (Wildman–Crippen LogP) is 10.4. The van der Waals surface area contributed by atoms with E-state index >= 15 is 0 Å². The summed E-state index contributed by atoms with van der Waals surface area (Å²) in [7, 11) is -5.87. The minimum Gasteiger partial charge on any atom is -0.451 e. The lowest BCUT2D eigenvalue weighted by Gasteiger charge is -2.17. The van der Waals surface area contributed by atoms with Crippen molar-refractivity contribution < 1.29 is 101 Å². The van der Waals surface area contributed by atoms with Gasteiger partial charge in [0.1, 0.15) is 16.4 Å². The molecule has 24 heteroatoms. The van der Waals surface area contributed by atoms with Crippen LogP contribution in [-0.2, 0) is 10.1 Å². The third-order valence-corrected chi connectivity index (χ3v) is 7.87. The second kappa shape index (κ2) is 13.6. The van der Waals surface area contributed by atoms with Gasteiger partial charge in [-0.3, -0.25) is 4.55 Å². The van der Waals surface area contributed by atoms with Gasteiger partial charge in [0, 0.05) is 6.07 Å². The fourth-order valence-corrected chi connectivity index (χ4v) is 5.18. The zero-order valence-corrected chi connectivity index (χ0v) is 25.3. The van der Waals surface area contributed by atoms with E-state index in [0.29, 0.717) is 0 Å². The van der Waals surface area contributed by atoms with E-state index in [1.54, 1.807) is 0 Å². The fraction of sp³-hybridized carbons (Fsp3) is 0. The van der Waals surface area contributed by atoms with Crippen LogP contribution >= 0.6 is 0 Å². The summed E-state index contributed by atoms with van der Waals surface area (Å²) in [6.07, 6.45) is 0. The minimum absolute atomic E-state index is 0.0802. The molecule has 5 aromatic carbocycles. The molecule has 1 N–H and O–H groups in total. The maximum atomic E-state index is 14.9. The Morgan fingerprint density at radius 3 is 0.926 bits per heavy atom. The second-order valence-electron chi connectivity index (χ2n) is 10.1. The minimum atomic E-state index is -5.87. The van der Waals surface area contributed by atoms with E-state index in [2.05, 4.69) is 9.47 Å². The molecule has 0 saturated heterocycles. The smallest absolute Gasteiger partial charge is 0.298 e. The Hall–Kier alpha value is -5.65. The van der Waals surface area contributed by atoms with Gasteiger partial charge in [-0.05, 0) is 12.1 Å². The molecule has 0 atom stereocenters. The molecule has 0 heterocycles. The molecule has 5 aromatic rings. The van der Waals surface area contributed by atoms with Crippen LogP contribution in [0.3, 0.4) is 0 Å². The molecule has 0 saturated carbocycles. The van der Waals surface area contributed by atoms with Crippen LogP contribution in [-0.4, -0.2) is 13.0 Å². The average molecular weight is 818 g/mol. The second-order valence-corrected chi connectivity index (χ2v) is 11.5. The molecule has 0 spiro atoms. The summed E-state index contributed by atoms with van der Waals surface area (Å²) in [6, 6.07) is 0.155. The summed E-state index contributed by atoms with van der Waals surface area (Å²) in [5.74, 6) is -59.2. The molecule has 0 aliphatic carbocycles. The van der Waals surface area contributed by atoms with Gasteiger partial charge < -0.3 is 9.47 Å². The molecular weight excluding hydrogens is 814 g/mol. The Morgan fingerprint density at radius 1 is 0.370 bits per heavy atom. The summed E-state index contributed by atoms with van der Waals surface area (Å²) < 4.78 is 300. The monoisotopic (exact) mass is 818 g/mol. The molecular formula is C30H4F18O5S. The highest BCUT2D eigenvalue weighted by Crippen LogP contribution is 2.44. The van der Waals surface area contributed by atoms with Gasteiger partial charge in [-0.15, -0.1) is 0 Å². The quantitative estimate of drug-likeness (QED) is 0.0767. The normalized spacial score (nSPS) is 11.8. The number of benzene rings is 5. The van der Waals surface area contributed by atoms with E-state index in [4.69, 9.17) is 0 Å². The number of hydrogen-bond acceptors (Lipinski definition) is 4. The van der Waals surface area contributed by atoms with Crippen molar-refractivity contribution in [3.63, 3.8) is 0 Å². The molecule has 0 unspecified atom stereocenters. The van der Waals surface area contributed by atoms with Crippen LogP contribution in [0.25, 0.3) is 22.3 Å². The maximum absolute atomic E-state index is 14.9. The van der Waals surface area contributed by atoms with E-state index in [0.717, 1.165) is 0 Å². The Balaban J connectivity index is 1.61. The first-order valence-electron chi connectivity index (χ1n) is 13.2. The molecule has 0 radical (unpaired) electrons. The van der Waals surface area contributed by atoms with Crippen LogP contribution in [0.2, 0.25) is 0 Å². The first-order chi connectivity index (χ1) is 24.9. The van der Waals surface area contributed by atoms with Gasteiger partial charge in [-0.2, -0.15) is 26.0 Å². The standard InChI is InChI=1S/C30H4F18O5S/c31-11-7(12(32)20(40)23(43)19(11)39)9-15(35)25(45)29(26(46)16(9)36)52-4-1-2-5(6(3-4)54(49,50)51)53-30-27(47)17(37)10(18(38)28(30)48)8-13(33)21(41)24(44)22(42)14(8)34/h1-3H,(H,49,50,51). The highest BCUT2D eigenvalue weighted by atomic mass is 32.2. The van der Waals surface area contributed by atoms with Crippen molar-refractivity contribution in [3.8, 4) is 45.3 Å². The van der Waals surface area contributed by atoms with Crippen LogP contribution in [0.1, 0.15) is 0 Å². The molecule has 0 aliphatic rings. The van der Waals surface area contributed by atoms with Crippen molar-refractivity contribution >= 4 is 10.1 Å². The number of rotatable bonds is 7. The topological polar surface area (TPSA) is 72.8 Å². The zero-order chi connectivity index (χ0) is 40.6. The lowest BCUT2D eigenvalue weighted by atomic mass is 10.0. The molecule has 5 rings (SSSR count). The van der Waals surface area contributed by atoms with Gasteiger partial charge in [0.2, 0.25) is 46.4 Å². The van der Waals surface area contributed by atoms with Crippen LogP contribution < -0.4 is 9.47 Å². The highest BCUT2D eigenvalue weighted by Gasteiger charge is 2.37. The van der Waals surface area contributed by atoms with Crippen molar-refractivity contribution in [1.29, 1.82) is 0 Å². The van der Waals surface area contributed by atoms with Crippen LogP contribution in [0.4, 0.5) is 79.0 Å². The van der Waals surface area contributed by atoms with Gasteiger partial charge in [0.15, 0.2) is 69.8 Å². The molecule has 5 nitrogen and oxygen atoms in total. The number of ether oxygens (including phenoxy) is 2. The largest absolute Gasteiger partial charge is 0.451 e. The number of halogens is 18. The Morgan fingerprint density at radius 2 is 0.630 bits per heavy atom. The van der Waals surface area contributed by atoms with E-state index in [9.17, 15) is 92.0 Å². The van der Waals surface area contributed by atoms with Crippen LogP contribution in [0, 0.1) is 105 Å². The SMILES string of the molecule is O=S(=O)(O)c1cc(Oc2c(F)c(F)c(-c3c(F)c(F)c(F)c(F)c3F)c(F)c2F)ccc1Oc1c(F)c(F)c(-c2c(F)c(F)c(F)c(F)c2F)c(F)c1F. The van der Waals surface area contributed by atoms with E-state index in [1.165, 1.54) is 0 Å². The Labute approximate surface area is 284 Å². The number of hydrogen-bond donors (Lipinski definition) is 1. The van der Waals surface area contributed by atoms with Crippen molar-refractivity contribution in [1.82, 2.24) is 0 Å². The molecule has 54 heavy (non-hydrogen) atoms. The van der Waals surface area contributed by atoms with Crippen LogP contribution in [0.5, 0.6) is 23.0 Å². The lowest BCUT2D eigenvalue weighted by Crippen LogP contribution is -2.10. The Bertz CT molecular complexity index is 2460. The highest BCUT2D eigenvalue weighted by molar-refractivity contribution is 7.86. The molecule has 0 bridgehead atoms. The first kappa shape index (κ1) is 39.6. The molecule has 0 aromatic heterocycles. The van der Waals surface area contributed by atoms with Crippen LogP contribution in [0.15, 0.2) is 23.1 Å². The third-order valence-electron chi connectivity index (χ3n) is 6.99. The summed E-state index contributed by atoms with van der Waals surface area (Å²) >= 11 is 0. The summed E-state index contributed by atoms with van der Waals surface area (Å²) in [6.45, 7) is 0. The van der Waals surface area contributed by atoms with Gasteiger partial charge in [0.05, 0.1) is 22.3 Å². The molecule has 0 aliphatic heterocycles. The van der Waals surface area contributed by atoms with E-state index in [1.807, 2.05) is 0 Å². The molecule has 0 fully saturated rings. The average Bonchev–Trinajstić information content (AvgIpc) is 3.12. The Kier molecular flexibility index (Phi) is 9.99. The molecule has 286 valence electrons. The van der Waals surface area contributed by atoms with Gasteiger partial charge in [-0.1, -0.05) is 0 Å². The predicted molar refractivity (Wildman–Crippen MR) is 139 cm³/mol. The van der Waals surface area contributed by atoms with Crippen molar-refractivity contribution in [2.75, 3.05) is 0 Å². The summed E-state index contributed by atoms with van der Waals surface area (Å²) in [5.41, 5.74) is -10.0. The maximum Gasteiger partial charge on any atom is 0.298 e. The van der Waals surface area contributed by atoms with E-state index < -0.39 is 165 Å². The first-order valence-corrected chi connectivity index (χ1v) is 14.6.